The van der Waals surface area contributed by atoms with Crippen LogP contribution in [0.3, 0.4) is 0 Å². The van der Waals surface area contributed by atoms with E-state index in [0.717, 1.165) is 50.1 Å². The highest BCUT2D eigenvalue weighted by molar-refractivity contribution is 7.89. The van der Waals surface area contributed by atoms with Crippen molar-refractivity contribution in [3.63, 3.8) is 0 Å². The minimum atomic E-state index is -3.94. The van der Waals surface area contributed by atoms with Crippen molar-refractivity contribution in [3.05, 3.63) is 53.1 Å². The Morgan fingerprint density at radius 3 is 2.69 bits per heavy atom. The highest BCUT2D eigenvalue weighted by Crippen LogP contribution is 2.34. The molecule has 0 aliphatic carbocycles. The van der Waals surface area contributed by atoms with Crippen molar-refractivity contribution in [2.45, 2.75) is 43.4 Å². The first-order valence-corrected chi connectivity index (χ1v) is 12.1. The van der Waals surface area contributed by atoms with Gasteiger partial charge in [0.25, 0.3) is 0 Å². The van der Waals surface area contributed by atoms with Gasteiger partial charge in [0.05, 0.1) is 13.7 Å². The van der Waals surface area contributed by atoms with Crippen molar-refractivity contribution in [2.24, 2.45) is 5.14 Å². The van der Waals surface area contributed by atoms with Crippen molar-refractivity contribution >= 4 is 28.2 Å². The van der Waals surface area contributed by atoms with Crippen LogP contribution in [0.1, 0.15) is 47.2 Å². The van der Waals surface area contributed by atoms with Crippen LogP contribution in [0.25, 0.3) is 0 Å². The van der Waals surface area contributed by atoms with Crippen molar-refractivity contribution < 1.29 is 22.7 Å². The van der Waals surface area contributed by atoms with Crippen LogP contribution >= 0.6 is 12.4 Å². The van der Waals surface area contributed by atoms with E-state index in [1.54, 1.807) is 13.2 Å². The van der Waals surface area contributed by atoms with Crippen molar-refractivity contribution in [1.29, 1.82) is 0 Å². The van der Waals surface area contributed by atoms with Crippen LogP contribution in [0.4, 0.5) is 0 Å². The summed E-state index contributed by atoms with van der Waals surface area (Å²) >= 11 is 0. The summed E-state index contributed by atoms with van der Waals surface area (Å²) in [5, 5.41) is 8.72. The number of fused-ring (bicyclic) bond motifs is 1. The zero-order chi connectivity index (χ0) is 22.3. The summed E-state index contributed by atoms with van der Waals surface area (Å²) in [5.74, 6) is 1.13. The van der Waals surface area contributed by atoms with Gasteiger partial charge < -0.3 is 14.8 Å². The summed E-state index contributed by atoms with van der Waals surface area (Å²) in [7, 11) is -2.26. The molecular weight excluding hydrogens is 452 g/mol. The van der Waals surface area contributed by atoms with Gasteiger partial charge in [-0.3, -0.25) is 4.79 Å². The third-order valence-corrected chi connectivity index (χ3v) is 6.32. The first-order valence-electron chi connectivity index (χ1n) is 10.6. The Morgan fingerprint density at radius 2 is 1.94 bits per heavy atom. The van der Waals surface area contributed by atoms with Gasteiger partial charge in [0.15, 0.2) is 5.78 Å². The lowest BCUT2D eigenvalue weighted by Crippen LogP contribution is -2.18. The van der Waals surface area contributed by atoms with E-state index in [9.17, 15) is 13.2 Å². The van der Waals surface area contributed by atoms with E-state index in [1.807, 2.05) is 18.2 Å². The molecule has 3 rings (SSSR count). The number of hydrogen-bond donors (Lipinski definition) is 2. The van der Waals surface area contributed by atoms with Gasteiger partial charge in [-0.15, -0.1) is 12.4 Å². The number of Topliss-reactive ketones (excluding diaryl/α,β-unsaturated/α-hetero) is 1. The van der Waals surface area contributed by atoms with Crippen LogP contribution in [0.2, 0.25) is 0 Å². The minimum Gasteiger partial charge on any atom is -0.496 e. The van der Waals surface area contributed by atoms with Crippen molar-refractivity contribution in [2.75, 3.05) is 26.8 Å². The van der Waals surface area contributed by atoms with E-state index >= 15 is 0 Å². The van der Waals surface area contributed by atoms with Gasteiger partial charge in [0.2, 0.25) is 10.0 Å². The summed E-state index contributed by atoms with van der Waals surface area (Å²) in [6, 6.07) is 11.1. The quantitative estimate of drug-likeness (QED) is 0.355. The monoisotopic (exact) mass is 482 g/mol. The van der Waals surface area contributed by atoms with Gasteiger partial charge in [-0.2, -0.15) is 0 Å². The van der Waals surface area contributed by atoms with Crippen molar-refractivity contribution in [1.82, 2.24) is 5.32 Å². The molecule has 0 fully saturated rings. The largest absolute Gasteiger partial charge is 0.496 e. The summed E-state index contributed by atoms with van der Waals surface area (Å²) in [6.45, 7) is 2.15. The number of benzene rings is 2. The molecule has 0 saturated heterocycles. The molecule has 9 heteroatoms. The maximum absolute atomic E-state index is 12.6. The lowest BCUT2D eigenvalue weighted by Gasteiger charge is -2.10. The van der Waals surface area contributed by atoms with Gasteiger partial charge in [-0.05, 0) is 61.7 Å². The Morgan fingerprint density at radius 1 is 1.16 bits per heavy atom. The Bertz CT molecular complexity index is 1030. The number of ether oxygens (including phenoxy) is 2. The molecule has 0 aromatic heterocycles. The van der Waals surface area contributed by atoms with Gasteiger partial charge in [0, 0.05) is 18.4 Å². The Balaban J connectivity index is 0.00000363. The fourth-order valence-electron chi connectivity index (χ4n) is 3.76. The molecule has 3 N–H and O–H groups in total. The normalized spacial score (nSPS) is 12.6. The van der Waals surface area contributed by atoms with E-state index in [-0.39, 0.29) is 23.1 Å². The average molecular weight is 483 g/mol. The number of halogens is 1. The number of primary sulfonamides is 1. The smallest absolute Gasteiger partial charge is 0.241 e. The van der Waals surface area contributed by atoms with Gasteiger partial charge in [0.1, 0.15) is 16.4 Å². The van der Waals surface area contributed by atoms with Crippen LogP contribution in [0.5, 0.6) is 11.5 Å². The number of unbranched alkanes of at least 4 members (excludes halogenated alkanes) is 2. The maximum Gasteiger partial charge on any atom is 0.241 e. The van der Waals surface area contributed by atoms with E-state index < -0.39 is 10.0 Å². The minimum absolute atomic E-state index is 0. The number of carbonyl (C=O) groups is 1. The third-order valence-electron chi connectivity index (χ3n) is 5.40. The molecule has 0 saturated carbocycles. The molecule has 1 aliphatic heterocycles. The molecule has 7 nitrogen and oxygen atoms in total. The molecule has 0 radical (unpaired) electrons. The molecule has 0 amide bonds. The molecule has 2 aromatic rings. The van der Waals surface area contributed by atoms with Crippen LogP contribution < -0.4 is 19.9 Å². The number of nitrogens with two attached hydrogens (primary N) is 1. The summed E-state index contributed by atoms with van der Waals surface area (Å²) < 4.78 is 34.5. The molecular formula is C23H31ClN2O5S. The first kappa shape index (κ1) is 26.1. The number of rotatable bonds is 12. The van der Waals surface area contributed by atoms with Gasteiger partial charge in [-0.25, -0.2) is 13.6 Å². The van der Waals surface area contributed by atoms with Crippen LogP contribution in [0.15, 0.2) is 41.3 Å². The second kappa shape index (κ2) is 12.2. The lowest BCUT2D eigenvalue weighted by atomic mass is 10.0. The molecule has 0 spiro atoms. The summed E-state index contributed by atoms with van der Waals surface area (Å²) in [6.07, 6.45) is 4.51. The predicted molar refractivity (Wildman–Crippen MR) is 127 cm³/mol. The fraction of sp³-hybridized carbons (Fsp3) is 0.435. The molecule has 32 heavy (non-hydrogen) atoms. The summed E-state index contributed by atoms with van der Waals surface area (Å²) in [5.41, 5.74) is 2.30. The molecule has 0 unspecified atom stereocenters. The van der Waals surface area contributed by atoms with Gasteiger partial charge in [-0.1, -0.05) is 24.6 Å². The molecule has 0 atom stereocenters. The number of ketones is 1. The van der Waals surface area contributed by atoms with E-state index in [4.69, 9.17) is 14.6 Å². The molecule has 2 aromatic carbocycles. The number of carbonyl (C=O) groups excluding carboxylic acids is 1. The Kier molecular flexibility index (Phi) is 9.96. The molecule has 0 bridgehead atoms. The fourth-order valence-corrected chi connectivity index (χ4v) is 4.50. The molecule has 176 valence electrons. The number of hydrogen-bond acceptors (Lipinski definition) is 6. The van der Waals surface area contributed by atoms with Gasteiger partial charge >= 0.3 is 0 Å². The summed E-state index contributed by atoms with van der Waals surface area (Å²) in [4.78, 5) is 12.5. The second-order valence-electron chi connectivity index (χ2n) is 7.65. The highest BCUT2D eigenvalue weighted by Gasteiger charge is 2.25. The standard InChI is InChI=1S/C23H30N2O5S.ClH/c1-29-21-9-5-4-7-17(21)10-13-25-12-6-2-3-8-20(26)19-15-18-11-14-30-23(18)22(16-19)31(24,27)28;/h4-5,7,9,15-16,25H,2-3,6,8,10-14H2,1H3,(H2,24,27,28);1H. The van der Waals surface area contributed by atoms with E-state index in [1.165, 1.54) is 11.6 Å². The number of sulfonamides is 1. The van der Waals surface area contributed by atoms with Crippen LogP contribution in [-0.4, -0.2) is 41.0 Å². The molecule has 1 aliphatic rings. The van der Waals surface area contributed by atoms with Crippen LogP contribution in [0, 0.1) is 0 Å². The van der Waals surface area contributed by atoms with E-state index in [2.05, 4.69) is 11.4 Å². The maximum atomic E-state index is 12.6. The van der Waals surface area contributed by atoms with Crippen LogP contribution in [-0.2, 0) is 22.9 Å². The lowest BCUT2D eigenvalue weighted by molar-refractivity contribution is 0.0979. The third kappa shape index (κ3) is 6.93. The SMILES string of the molecule is COc1ccccc1CCNCCCCCC(=O)c1cc2c(c(S(N)(=O)=O)c1)OCC2.Cl. The zero-order valence-corrected chi connectivity index (χ0v) is 19.9. The molecule has 1 heterocycles. The zero-order valence-electron chi connectivity index (χ0n) is 18.3. The number of para-hydroxylation sites is 1. The highest BCUT2D eigenvalue weighted by atomic mass is 35.5. The number of methoxy groups -OCH3 is 1. The Labute approximate surface area is 196 Å². The Hall–Kier alpha value is -2.13. The van der Waals surface area contributed by atoms with E-state index in [0.29, 0.717) is 30.8 Å². The number of nitrogens with one attached hydrogen (secondary N) is 1. The second-order valence-corrected chi connectivity index (χ2v) is 9.18. The average Bonchev–Trinajstić information content (AvgIpc) is 3.22. The first-order chi connectivity index (χ1) is 14.9. The van der Waals surface area contributed by atoms with Crippen molar-refractivity contribution in [3.8, 4) is 11.5 Å². The topological polar surface area (TPSA) is 108 Å². The predicted octanol–water partition coefficient (Wildman–Crippen LogP) is 3.27.